The fourth-order valence-electron chi connectivity index (χ4n) is 2.27. The first kappa shape index (κ1) is 15.6. The third-order valence-electron chi connectivity index (χ3n) is 3.22. The van der Waals surface area contributed by atoms with Crippen molar-refractivity contribution >= 4 is 23.5 Å². The van der Waals surface area contributed by atoms with Crippen molar-refractivity contribution in [2.75, 3.05) is 20.2 Å². The van der Waals surface area contributed by atoms with Crippen molar-refractivity contribution in [2.24, 2.45) is 0 Å². The average molecular weight is 314 g/mol. The van der Waals surface area contributed by atoms with Gasteiger partial charge in [0.15, 0.2) is 6.10 Å². The van der Waals surface area contributed by atoms with Crippen LogP contribution in [0.15, 0.2) is 18.2 Å². The summed E-state index contributed by atoms with van der Waals surface area (Å²) >= 11 is 5.87. The zero-order chi connectivity index (χ0) is 15.6. The SMILES string of the molecule is COc1cc(Cl)ccc1C(=O)N1CC(C(=O)O)O[C@H](C)C1. The molecule has 0 aromatic heterocycles. The zero-order valence-corrected chi connectivity index (χ0v) is 12.5. The number of hydrogen-bond donors (Lipinski definition) is 1. The lowest BCUT2D eigenvalue weighted by Gasteiger charge is -2.35. The van der Waals surface area contributed by atoms with Crippen LogP contribution in [-0.4, -0.2) is 54.3 Å². The van der Waals surface area contributed by atoms with Crippen molar-refractivity contribution in [2.45, 2.75) is 19.1 Å². The molecule has 1 heterocycles. The Morgan fingerprint density at radius 1 is 1.43 bits per heavy atom. The van der Waals surface area contributed by atoms with Gasteiger partial charge in [-0.2, -0.15) is 0 Å². The van der Waals surface area contributed by atoms with Gasteiger partial charge in [0, 0.05) is 11.6 Å². The number of carboxylic acids is 1. The second-order valence-electron chi connectivity index (χ2n) is 4.83. The molecule has 1 unspecified atom stereocenters. The number of aliphatic carboxylic acids is 1. The number of halogens is 1. The Morgan fingerprint density at radius 3 is 2.76 bits per heavy atom. The smallest absolute Gasteiger partial charge is 0.334 e. The summed E-state index contributed by atoms with van der Waals surface area (Å²) in [5.74, 6) is -1.02. The molecule has 2 rings (SSSR count). The lowest BCUT2D eigenvalue weighted by atomic mass is 10.1. The van der Waals surface area contributed by atoms with Crippen molar-refractivity contribution in [3.8, 4) is 5.75 Å². The molecule has 1 saturated heterocycles. The number of carboxylic acid groups (broad SMARTS) is 1. The highest BCUT2D eigenvalue weighted by Crippen LogP contribution is 2.25. The molecular formula is C14H16ClNO5. The molecule has 0 saturated carbocycles. The second-order valence-corrected chi connectivity index (χ2v) is 5.26. The van der Waals surface area contributed by atoms with E-state index in [9.17, 15) is 9.59 Å². The largest absolute Gasteiger partial charge is 0.496 e. The third kappa shape index (κ3) is 3.46. The van der Waals surface area contributed by atoms with Gasteiger partial charge in [0.05, 0.1) is 25.3 Å². The molecule has 0 spiro atoms. The van der Waals surface area contributed by atoms with Gasteiger partial charge in [0.25, 0.3) is 5.91 Å². The van der Waals surface area contributed by atoms with Crippen LogP contribution in [0.4, 0.5) is 0 Å². The summed E-state index contributed by atoms with van der Waals surface area (Å²) in [5, 5.41) is 9.52. The summed E-state index contributed by atoms with van der Waals surface area (Å²) in [6.07, 6.45) is -1.36. The molecule has 7 heteroatoms. The fraction of sp³-hybridized carbons (Fsp3) is 0.429. The van der Waals surface area contributed by atoms with Gasteiger partial charge < -0.3 is 19.5 Å². The Morgan fingerprint density at radius 2 is 2.14 bits per heavy atom. The Labute approximate surface area is 127 Å². The van der Waals surface area contributed by atoms with Crippen LogP contribution >= 0.6 is 11.6 Å². The summed E-state index contributed by atoms with van der Waals surface area (Å²) in [5.41, 5.74) is 0.347. The molecule has 21 heavy (non-hydrogen) atoms. The molecule has 1 fully saturated rings. The van der Waals surface area contributed by atoms with E-state index in [1.54, 1.807) is 25.1 Å². The molecule has 0 bridgehead atoms. The quantitative estimate of drug-likeness (QED) is 0.918. The Hall–Kier alpha value is -1.79. The van der Waals surface area contributed by atoms with Crippen molar-refractivity contribution in [1.82, 2.24) is 4.90 Å². The van der Waals surface area contributed by atoms with Gasteiger partial charge in [0.2, 0.25) is 0 Å². The maximum absolute atomic E-state index is 12.6. The summed E-state index contributed by atoms with van der Waals surface area (Å²) in [6.45, 7) is 2.06. The van der Waals surface area contributed by atoms with Gasteiger partial charge >= 0.3 is 5.97 Å². The molecule has 1 aliphatic rings. The van der Waals surface area contributed by atoms with E-state index in [0.717, 1.165) is 0 Å². The lowest BCUT2D eigenvalue weighted by Crippen LogP contribution is -2.51. The third-order valence-corrected chi connectivity index (χ3v) is 3.45. The van der Waals surface area contributed by atoms with Crippen LogP contribution in [0.2, 0.25) is 5.02 Å². The number of benzene rings is 1. The van der Waals surface area contributed by atoms with Crippen molar-refractivity contribution < 1.29 is 24.2 Å². The van der Waals surface area contributed by atoms with Gasteiger partial charge in [-0.25, -0.2) is 4.79 Å². The number of ether oxygens (including phenoxy) is 2. The Kier molecular flexibility index (Phi) is 4.69. The average Bonchev–Trinajstić information content (AvgIpc) is 2.45. The minimum Gasteiger partial charge on any atom is -0.496 e. The summed E-state index contributed by atoms with van der Waals surface area (Å²) in [4.78, 5) is 25.1. The Balaban J connectivity index is 2.25. The highest BCUT2D eigenvalue weighted by Gasteiger charge is 2.33. The predicted molar refractivity (Wildman–Crippen MR) is 75.9 cm³/mol. The fourth-order valence-corrected chi connectivity index (χ4v) is 2.43. The summed E-state index contributed by atoms with van der Waals surface area (Å²) in [7, 11) is 1.45. The minimum absolute atomic E-state index is 0.00425. The zero-order valence-electron chi connectivity index (χ0n) is 11.7. The van der Waals surface area contributed by atoms with Crippen molar-refractivity contribution in [3.63, 3.8) is 0 Å². The highest BCUT2D eigenvalue weighted by molar-refractivity contribution is 6.30. The van der Waals surface area contributed by atoms with Crippen molar-refractivity contribution in [3.05, 3.63) is 28.8 Å². The molecule has 0 aliphatic carbocycles. The van der Waals surface area contributed by atoms with Crippen LogP contribution in [0.25, 0.3) is 0 Å². The topological polar surface area (TPSA) is 76.1 Å². The molecule has 1 aromatic rings. The number of rotatable bonds is 3. The van der Waals surface area contributed by atoms with E-state index in [4.69, 9.17) is 26.2 Å². The number of hydrogen-bond acceptors (Lipinski definition) is 4. The van der Waals surface area contributed by atoms with Gasteiger partial charge in [-0.1, -0.05) is 11.6 Å². The van der Waals surface area contributed by atoms with E-state index >= 15 is 0 Å². The first-order valence-corrected chi connectivity index (χ1v) is 6.81. The van der Waals surface area contributed by atoms with E-state index in [-0.39, 0.29) is 18.6 Å². The molecule has 1 amide bonds. The van der Waals surface area contributed by atoms with Crippen LogP contribution in [-0.2, 0) is 9.53 Å². The molecular weight excluding hydrogens is 298 g/mol. The van der Waals surface area contributed by atoms with Crippen LogP contribution < -0.4 is 4.74 Å². The molecule has 1 N–H and O–H groups in total. The minimum atomic E-state index is -1.08. The number of carbonyl (C=O) groups is 2. The standard InChI is InChI=1S/C14H16ClNO5/c1-8-6-16(7-12(21-8)14(18)19)13(17)10-4-3-9(15)5-11(10)20-2/h3-5,8,12H,6-7H2,1-2H3,(H,18,19)/t8-,12?/m1/s1. The van der Waals surface area contributed by atoms with Crippen LogP contribution in [0, 0.1) is 0 Å². The second kappa shape index (κ2) is 6.32. The number of nitrogens with zero attached hydrogens (tertiary/aromatic N) is 1. The van der Waals surface area contributed by atoms with E-state index < -0.39 is 12.1 Å². The molecule has 2 atom stereocenters. The first-order valence-electron chi connectivity index (χ1n) is 6.43. The number of morpholine rings is 1. The number of carbonyl (C=O) groups excluding carboxylic acids is 1. The van der Waals surface area contributed by atoms with Crippen molar-refractivity contribution in [1.29, 1.82) is 0 Å². The molecule has 0 radical (unpaired) electrons. The molecule has 1 aliphatic heterocycles. The van der Waals surface area contributed by atoms with Gasteiger partial charge in [0.1, 0.15) is 5.75 Å². The highest BCUT2D eigenvalue weighted by atomic mass is 35.5. The monoisotopic (exact) mass is 313 g/mol. The lowest BCUT2D eigenvalue weighted by molar-refractivity contribution is -0.160. The van der Waals surface area contributed by atoms with Gasteiger partial charge in [-0.05, 0) is 25.1 Å². The first-order chi connectivity index (χ1) is 9.92. The van der Waals surface area contributed by atoms with Gasteiger partial charge in [-0.3, -0.25) is 4.79 Å². The van der Waals surface area contributed by atoms with Crippen LogP contribution in [0.3, 0.4) is 0 Å². The van der Waals surface area contributed by atoms with E-state index in [0.29, 0.717) is 22.9 Å². The van der Waals surface area contributed by atoms with E-state index in [2.05, 4.69) is 0 Å². The Bertz CT molecular complexity index is 562. The maximum atomic E-state index is 12.6. The van der Waals surface area contributed by atoms with E-state index in [1.807, 2.05) is 0 Å². The molecule has 6 nitrogen and oxygen atoms in total. The molecule has 1 aromatic carbocycles. The predicted octanol–water partition coefficient (Wildman–Crippen LogP) is 1.66. The summed E-state index contributed by atoms with van der Waals surface area (Å²) in [6, 6.07) is 4.71. The normalized spacial score (nSPS) is 22.0. The maximum Gasteiger partial charge on any atom is 0.334 e. The molecule has 114 valence electrons. The number of amides is 1. The van der Waals surface area contributed by atoms with Gasteiger partial charge in [-0.15, -0.1) is 0 Å². The summed E-state index contributed by atoms with van der Waals surface area (Å²) < 4.78 is 10.5. The number of methoxy groups -OCH3 is 1. The van der Waals surface area contributed by atoms with E-state index in [1.165, 1.54) is 12.0 Å². The van der Waals surface area contributed by atoms with Crippen LogP contribution in [0.5, 0.6) is 5.75 Å². The van der Waals surface area contributed by atoms with Crippen LogP contribution in [0.1, 0.15) is 17.3 Å².